The Morgan fingerprint density at radius 3 is 3.06 bits per heavy atom. The van der Waals surface area contributed by atoms with Crippen LogP contribution in [-0.2, 0) is 11.2 Å². The molecule has 4 heteroatoms. The monoisotopic (exact) mass is 235 g/mol. The second-order valence-corrected chi connectivity index (χ2v) is 4.20. The summed E-state index contributed by atoms with van der Waals surface area (Å²) < 4.78 is 10.6. The number of carbonyl (C=O) groups excluding carboxylic acids is 1. The van der Waals surface area contributed by atoms with E-state index in [1.165, 1.54) is 0 Å². The van der Waals surface area contributed by atoms with Gasteiger partial charge < -0.3 is 14.8 Å². The summed E-state index contributed by atoms with van der Waals surface area (Å²) in [6, 6.07) is 5.82. The number of fused-ring (bicyclic) bond motifs is 1. The third kappa shape index (κ3) is 2.70. The second-order valence-electron chi connectivity index (χ2n) is 4.20. The molecular formula is C13H17NO3. The van der Waals surface area contributed by atoms with E-state index in [2.05, 4.69) is 5.32 Å². The molecule has 0 fully saturated rings. The molecule has 17 heavy (non-hydrogen) atoms. The molecule has 0 spiro atoms. The molecule has 1 aromatic rings. The van der Waals surface area contributed by atoms with Gasteiger partial charge in [-0.25, -0.2) is 0 Å². The van der Waals surface area contributed by atoms with Crippen molar-refractivity contribution < 1.29 is 14.3 Å². The average Bonchev–Trinajstić information content (AvgIpc) is 2.78. The van der Waals surface area contributed by atoms with Gasteiger partial charge in [-0.05, 0) is 19.4 Å². The first-order valence-corrected chi connectivity index (χ1v) is 5.87. The lowest BCUT2D eigenvalue weighted by molar-refractivity contribution is -0.121. The molecule has 1 atom stereocenters. The predicted octanol–water partition coefficient (Wildman–Crippen LogP) is 1.87. The summed E-state index contributed by atoms with van der Waals surface area (Å²) in [6.07, 6.45) is 1.26. The van der Waals surface area contributed by atoms with Gasteiger partial charge in [0, 0.05) is 11.6 Å². The van der Waals surface area contributed by atoms with Crippen molar-refractivity contribution in [1.29, 1.82) is 0 Å². The van der Waals surface area contributed by atoms with E-state index in [1.807, 2.05) is 32.0 Å². The van der Waals surface area contributed by atoms with Crippen LogP contribution in [0.2, 0.25) is 0 Å². The van der Waals surface area contributed by atoms with E-state index in [9.17, 15) is 4.79 Å². The van der Waals surface area contributed by atoms with Gasteiger partial charge in [-0.1, -0.05) is 19.1 Å². The van der Waals surface area contributed by atoms with Crippen LogP contribution >= 0.6 is 0 Å². The zero-order valence-corrected chi connectivity index (χ0v) is 10.2. The number of carbonyl (C=O) groups is 1. The van der Waals surface area contributed by atoms with Gasteiger partial charge in [0.1, 0.15) is 0 Å². The maximum atomic E-state index is 11.8. The molecule has 0 aliphatic carbocycles. The average molecular weight is 235 g/mol. The number of benzene rings is 1. The van der Waals surface area contributed by atoms with Gasteiger partial charge in [-0.3, -0.25) is 4.79 Å². The Hall–Kier alpha value is -1.71. The molecule has 1 unspecified atom stereocenters. The van der Waals surface area contributed by atoms with Crippen LogP contribution in [0, 0.1) is 0 Å². The lowest BCUT2D eigenvalue weighted by Crippen LogP contribution is -2.33. The van der Waals surface area contributed by atoms with Crippen molar-refractivity contribution in [2.75, 3.05) is 6.79 Å². The fourth-order valence-electron chi connectivity index (χ4n) is 1.73. The fraction of sp³-hybridized carbons (Fsp3) is 0.462. The zero-order valence-electron chi connectivity index (χ0n) is 10.2. The van der Waals surface area contributed by atoms with Gasteiger partial charge in [0.15, 0.2) is 11.5 Å². The quantitative estimate of drug-likeness (QED) is 0.866. The third-order valence-corrected chi connectivity index (χ3v) is 2.85. The Labute approximate surface area is 101 Å². The lowest BCUT2D eigenvalue weighted by atomic mass is 10.1. The van der Waals surface area contributed by atoms with Crippen LogP contribution in [0.25, 0.3) is 0 Å². The zero-order chi connectivity index (χ0) is 12.3. The molecule has 0 bridgehead atoms. The van der Waals surface area contributed by atoms with Crippen molar-refractivity contribution in [2.24, 2.45) is 0 Å². The van der Waals surface area contributed by atoms with Crippen LogP contribution in [0.3, 0.4) is 0 Å². The Morgan fingerprint density at radius 2 is 2.29 bits per heavy atom. The lowest BCUT2D eigenvalue weighted by Gasteiger charge is -2.12. The molecule has 1 aliphatic heterocycles. The molecule has 92 valence electrons. The van der Waals surface area contributed by atoms with Crippen LogP contribution in [-0.4, -0.2) is 18.7 Å². The molecule has 1 N–H and O–H groups in total. The van der Waals surface area contributed by atoms with Crippen LogP contribution in [0.5, 0.6) is 11.5 Å². The number of para-hydroxylation sites is 1. The minimum atomic E-state index is 0.0169. The van der Waals surface area contributed by atoms with E-state index >= 15 is 0 Å². The summed E-state index contributed by atoms with van der Waals surface area (Å²) in [6.45, 7) is 4.27. The Morgan fingerprint density at radius 1 is 1.47 bits per heavy atom. The van der Waals surface area contributed by atoms with Crippen molar-refractivity contribution in [1.82, 2.24) is 5.32 Å². The second kappa shape index (κ2) is 5.08. The topological polar surface area (TPSA) is 47.6 Å². The molecule has 1 amide bonds. The standard InChI is InChI=1S/C13H17NO3/c1-3-9(2)14-12(15)7-10-5-4-6-11-13(10)17-8-16-11/h4-6,9H,3,7-8H2,1-2H3,(H,14,15). The number of amides is 1. The highest BCUT2D eigenvalue weighted by atomic mass is 16.7. The molecule has 0 radical (unpaired) electrons. The smallest absolute Gasteiger partial charge is 0.231 e. The van der Waals surface area contributed by atoms with E-state index in [1.54, 1.807) is 0 Å². The normalized spacial score (nSPS) is 14.5. The van der Waals surface area contributed by atoms with Crippen molar-refractivity contribution >= 4 is 5.91 Å². The number of nitrogens with one attached hydrogen (secondary N) is 1. The van der Waals surface area contributed by atoms with Gasteiger partial charge in [-0.15, -0.1) is 0 Å². The highest BCUT2D eigenvalue weighted by Crippen LogP contribution is 2.35. The maximum Gasteiger partial charge on any atom is 0.231 e. The number of hydrogen-bond acceptors (Lipinski definition) is 3. The highest BCUT2D eigenvalue weighted by molar-refractivity contribution is 5.80. The fourth-order valence-corrected chi connectivity index (χ4v) is 1.73. The summed E-state index contributed by atoms with van der Waals surface area (Å²) >= 11 is 0. The first-order chi connectivity index (χ1) is 8.20. The molecule has 0 saturated heterocycles. The van der Waals surface area contributed by atoms with E-state index in [0.29, 0.717) is 12.2 Å². The van der Waals surface area contributed by atoms with Gasteiger partial charge in [0.25, 0.3) is 0 Å². The molecule has 2 rings (SSSR count). The van der Waals surface area contributed by atoms with Gasteiger partial charge in [0.2, 0.25) is 12.7 Å². The number of rotatable bonds is 4. The van der Waals surface area contributed by atoms with Gasteiger partial charge in [0.05, 0.1) is 6.42 Å². The summed E-state index contributed by atoms with van der Waals surface area (Å²) in [5, 5.41) is 2.93. The SMILES string of the molecule is CCC(C)NC(=O)Cc1cccc2c1OCO2. The van der Waals surface area contributed by atoms with Crippen LogP contribution in [0.15, 0.2) is 18.2 Å². The van der Waals surface area contributed by atoms with E-state index in [4.69, 9.17) is 9.47 Å². The van der Waals surface area contributed by atoms with Crippen molar-refractivity contribution in [2.45, 2.75) is 32.7 Å². The largest absolute Gasteiger partial charge is 0.454 e. The minimum absolute atomic E-state index is 0.0169. The Balaban J connectivity index is 2.04. The van der Waals surface area contributed by atoms with Crippen molar-refractivity contribution in [3.63, 3.8) is 0 Å². The summed E-state index contributed by atoms with van der Waals surface area (Å²) in [7, 11) is 0. The molecular weight excluding hydrogens is 218 g/mol. The molecule has 1 aromatic carbocycles. The maximum absolute atomic E-state index is 11.8. The first kappa shape index (κ1) is 11.8. The molecule has 1 aliphatic rings. The summed E-state index contributed by atoms with van der Waals surface area (Å²) in [5.74, 6) is 1.44. The van der Waals surface area contributed by atoms with Gasteiger partial charge >= 0.3 is 0 Å². The van der Waals surface area contributed by atoms with E-state index in [0.717, 1.165) is 17.7 Å². The Bertz CT molecular complexity index is 417. The molecule has 1 heterocycles. The predicted molar refractivity (Wildman–Crippen MR) is 64.2 cm³/mol. The third-order valence-electron chi connectivity index (χ3n) is 2.85. The van der Waals surface area contributed by atoms with Crippen molar-refractivity contribution in [3.8, 4) is 11.5 Å². The van der Waals surface area contributed by atoms with Crippen LogP contribution in [0.1, 0.15) is 25.8 Å². The summed E-state index contributed by atoms with van der Waals surface area (Å²) in [5.41, 5.74) is 0.876. The van der Waals surface area contributed by atoms with Gasteiger partial charge in [-0.2, -0.15) is 0 Å². The highest BCUT2D eigenvalue weighted by Gasteiger charge is 2.19. The Kier molecular flexibility index (Phi) is 3.52. The molecule has 0 aromatic heterocycles. The molecule has 4 nitrogen and oxygen atoms in total. The van der Waals surface area contributed by atoms with Crippen LogP contribution in [0.4, 0.5) is 0 Å². The van der Waals surface area contributed by atoms with Crippen molar-refractivity contribution in [3.05, 3.63) is 23.8 Å². The first-order valence-electron chi connectivity index (χ1n) is 5.87. The number of hydrogen-bond donors (Lipinski definition) is 1. The van der Waals surface area contributed by atoms with Crippen LogP contribution < -0.4 is 14.8 Å². The van der Waals surface area contributed by atoms with E-state index in [-0.39, 0.29) is 18.7 Å². The van der Waals surface area contributed by atoms with E-state index < -0.39 is 0 Å². The molecule has 0 saturated carbocycles. The minimum Gasteiger partial charge on any atom is -0.454 e. The number of ether oxygens (including phenoxy) is 2. The summed E-state index contributed by atoms with van der Waals surface area (Å²) in [4.78, 5) is 11.8.